The highest BCUT2D eigenvalue weighted by Gasteiger charge is 2.21. The van der Waals surface area contributed by atoms with Crippen LogP contribution < -0.4 is 4.74 Å². The van der Waals surface area contributed by atoms with Crippen LogP contribution >= 0.6 is 15.9 Å². The summed E-state index contributed by atoms with van der Waals surface area (Å²) in [7, 11) is 0. The first-order chi connectivity index (χ1) is 12.2. The molecule has 0 atom stereocenters. The molecule has 0 radical (unpaired) electrons. The molecule has 130 valence electrons. The largest absolute Gasteiger partial charge is 0.483 e. The number of halogens is 1. The molecule has 5 nitrogen and oxygen atoms in total. The predicted molar refractivity (Wildman–Crippen MR) is 100 cm³/mol. The Bertz CT molecular complexity index is 795. The van der Waals surface area contributed by atoms with E-state index in [4.69, 9.17) is 10.00 Å². The number of ether oxygens (including phenoxy) is 1. The van der Waals surface area contributed by atoms with Crippen LogP contribution in [0.25, 0.3) is 10.8 Å². The van der Waals surface area contributed by atoms with Gasteiger partial charge in [0.15, 0.2) is 6.61 Å². The summed E-state index contributed by atoms with van der Waals surface area (Å²) in [5.74, 6) is 0.680. The van der Waals surface area contributed by atoms with Crippen molar-refractivity contribution in [2.75, 3.05) is 39.3 Å². The van der Waals surface area contributed by atoms with Crippen LogP contribution in [0.3, 0.4) is 0 Å². The van der Waals surface area contributed by atoms with E-state index < -0.39 is 0 Å². The van der Waals surface area contributed by atoms with E-state index in [0.29, 0.717) is 25.3 Å². The molecule has 0 bridgehead atoms. The zero-order valence-corrected chi connectivity index (χ0v) is 15.5. The third-order valence-electron chi connectivity index (χ3n) is 4.44. The summed E-state index contributed by atoms with van der Waals surface area (Å²) in [6.07, 6.45) is 0.535. The number of nitrogens with zero attached hydrogens (tertiary/aromatic N) is 3. The zero-order chi connectivity index (χ0) is 17.6. The van der Waals surface area contributed by atoms with Gasteiger partial charge in [-0.25, -0.2) is 0 Å². The number of benzene rings is 2. The molecule has 3 rings (SSSR count). The molecule has 2 aromatic rings. The molecule has 0 aliphatic carbocycles. The second kappa shape index (κ2) is 8.32. The van der Waals surface area contributed by atoms with Crippen molar-refractivity contribution in [3.63, 3.8) is 0 Å². The Balaban J connectivity index is 1.55. The van der Waals surface area contributed by atoms with Crippen molar-refractivity contribution >= 4 is 32.6 Å². The van der Waals surface area contributed by atoms with E-state index in [1.807, 2.05) is 41.3 Å². The van der Waals surface area contributed by atoms with Gasteiger partial charge in [0, 0.05) is 39.1 Å². The van der Waals surface area contributed by atoms with Crippen LogP contribution in [0.5, 0.6) is 5.75 Å². The van der Waals surface area contributed by atoms with Crippen LogP contribution in [-0.2, 0) is 4.79 Å². The van der Waals surface area contributed by atoms with Gasteiger partial charge in [-0.2, -0.15) is 5.26 Å². The maximum absolute atomic E-state index is 12.4. The van der Waals surface area contributed by atoms with E-state index in [9.17, 15) is 4.79 Å². The molecule has 0 unspecified atom stereocenters. The predicted octanol–water partition coefficient (Wildman–Crippen LogP) is 3.04. The molecule has 1 amide bonds. The van der Waals surface area contributed by atoms with Gasteiger partial charge in [-0.15, -0.1) is 0 Å². The van der Waals surface area contributed by atoms with Crippen LogP contribution in [-0.4, -0.2) is 55.0 Å². The lowest BCUT2D eigenvalue weighted by molar-refractivity contribution is -0.135. The van der Waals surface area contributed by atoms with E-state index in [-0.39, 0.29) is 12.5 Å². The Hall–Kier alpha value is -2.10. The molecule has 25 heavy (non-hydrogen) atoms. The fourth-order valence-corrected chi connectivity index (χ4v) is 3.59. The molecule has 1 aliphatic heterocycles. The molecule has 1 heterocycles. The van der Waals surface area contributed by atoms with Crippen LogP contribution in [0.2, 0.25) is 0 Å². The molecule has 1 fully saturated rings. The zero-order valence-electron chi connectivity index (χ0n) is 13.9. The van der Waals surface area contributed by atoms with Crippen molar-refractivity contribution in [2.45, 2.75) is 6.42 Å². The maximum Gasteiger partial charge on any atom is 0.260 e. The summed E-state index contributed by atoms with van der Waals surface area (Å²) in [6, 6.07) is 14.1. The van der Waals surface area contributed by atoms with E-state index in [2.05, 4.69) is 26.9 Å². The number of carbonyl (C=O) groups is 1. The minimum absolute atomic E-state index is 0.00000758. The summed E-state index contributed by atoms with van der Waals surface area (Å²) < 4.78 is 6.63. The number of hydrogen-bond donors (Lipinski definition) is 0. The summed E-state index contributed by atoms with van der Waals surface area (Å²) in [4.78, 5) is 16.4. The second-order valence-corrected chi connectivity index (χ2v) is 6.81. The third kappa shape index (κ3) is 4.30. The summed E-state index contributed by atoms with van der Waals surface area (Å²) >= 11 is 3.58. The molecule has 0 spiro atoms. The number of hydrogen-bond acceptors (Lipinski definition) is 4. The fraction of sp³-hybridized carbons (Fsp3) is 0.368. The van der Waals surface area contributed by atoms with Crippen molar-refractivity contribution < 1.29 is 9.53 Å². The monoisotopic (exact) mass is 401 g/mol. The quantitative estimate of drug-likeness (QED) is 0.772. The van der Waals surface area contributed by atoms with Gasteiger partial charge in [-0.1, -0.05) is 30.3 Å². The highest BCUT2D eigenvalue weighted by Crippen LogP contribution is 2.33. The Morgan fingerprint density at radius 1 is 1.16 bits per heavy atom. The average Bonchev–Trinajstić information content (AvgIpc) is 2.66. The maximum atomic E-state index is 12.4. The van der Waals surface area contributed by atoms with Crippen LogP contribution in [0.4, 0.5) is 0 Å². The Labute approximate surface area is 155 Å². The van der Waals surface area contributed by atoms with Gasteiger partial charge < -0.3 is 9.64 Å². The smallest absolute Gasteiger partial charge is 0.260 e. The summed E-state index contributed by atoms with van der Waals surface area (Å²) in [5.41, 5.74) is 0. The number of carbonyl (C=O) groups excluding carboxylic acids is 1. The minimum atomic E-state index is -0.00000758. The molecule has 0 saturated carbocycles. The normalized spacial score (nSPS) is 15.1. The Kier molecular flexibility index (Phi) is 5.90. The third-order valence-corrected chi connectivity index (χ3v) is 5.26. The van der Waals surface area contributed by atoms with E-state index in [1.165, 1.54) is 0 Å². The molecule has 0 N–H and O–H groups in total. The average molecular weight is 402 g/mol. The minimum Gasteiger partial charge on any atom is -0.483 e. The summed E-state index contributed by atoms with van der Waals surface area (Å²) in [6.45, 7) is 3.81. The van der Waals surface area contributed by atoms with Gasteiger partial charge in [0.1, 0.15) is 5.75 Å². The number of rotatable bonds is 5. The highest BCUT2D eigenvalue weighted by molar-refractivity contribution is 9.10. The Morgan fingerprint density at radius 3 is 2.68 bits per heavy atom. The lowest BCUT2D eigenvalue weighted by Crippen LogP contribution is -2.50. The first-order valence-electron chi connectivity index (χ1n) is 8.36. The SMILES string of the molecule is N#CCCN1CCN(C(=O)COc2ccc3ccccc3c2Br)CC1. The number of nitriles is 1. The molecule has 1 saturated heterocycles. The van der Waals surface area contributed by atoms with Crippen LogP contribution in [0.1, 0.15) is 6.42 Å². The van der Waals surface area contributed by atoms with Gasteiger partial charge in [0.2, 0.25) is 0 Å². The Morgan fingerprint density at radius 2 is 1.92 bits per heavy atom. The van der Waals surface area contributed by atoms with Crippen LogP contribution in [0.15, 0.2) is 40.9 Å². The lowest BCUT2D eigenvalue weighted by Gasteiger charge is -2.34. The summed E-state index contributed by atoms with van der Waals surface area (Å²) in [5, 5.41) is 10.8. The first kappa shape index (κ1) is 17.7. The van der Waals surface area contributed by atoms with Gasteiger partial charge in [-0.05, 0) is 32.8 Å². The topological polar surface area (TPSA) is 56.6 Å². The number of fused-ring (bicyclic) bond motifs is 1. The van der Waals surface area contributed by atoms with Crippen molar-refractivity contribution in [3.05, 3.63) is 40.9 Å². The molecular formula is C19H20BrN3O2. The van der Waals surface area contributed by atoms with Gasteiger partial charge in [0.05, 0.1) is 10.5 Å². The fourth-order valence-electron chi connectivity index (χ4n) is 2.98. The number of amides is 1. The van der Waals surface area contributed by atoms with E-state index in [1.54, 1.807) is 0 Å². The second-order valence-electron chi connectivity index (χ2n) is 6.02. The van der Waals surface area contributed by atoms with E-state index in [0.717, 1.165) is 34.9 Å². The highest BCUT2D eigenvalue weighted by atomic mass is 79.9. The number of piperazine rings is 1. The van der Waals surface area contributed by atoms with Crippen molar-refractivity contribution in [1.82, 2.24) is 9.80 Å². The van der Waals surface area contributed by atoms with Gasteiger partial charge in [0.25, 0.3) is 5.91 Å². The first-order valence-corrected chi connectivity index (χ1v) is 9.15. The molecular weight excluding hydrogens is 382 g/mol. The van der Waals surface area contributed by atoms with E-state index >= 15 is 0 Å². The van der Waals surface area contributed by atoms with Gasteiger partial charge >= 0.3 is 0 Å². The van der Waals surface area contributed by atoms with Crippen molar-refractivity contribution in [2.24, 2.45) is 0 Å². The molecule has 2 aromatic carbocycles. The lowest BCUT2D eigenvalue weighted by atomic mass is 10.1. The van der Waals surface area contributed by atoms with Crippen LogP contribution in [0, 0.1) is 11.3 Å². The molecule has 1 aliphatic rings. The van der Waals surface area contributed by atoms with Crippen molar-refractivity contribution in [1.29, 1.82) is 5.26 Å². The standard InChI is InChI=1S/C19H20BrN3O2/c20-19-16-5-2-1-4-15(16)6-7-17(19)25-14-18(24)23-12-10-22(11-13-23)9-3-8-21/h1-2,4-7H,3,9-14H2. The molecule has 0 aromatic heterocycles. The van der Waals surface area contributed by atoms with Gasteiger partial charge in [-0.3, -0.25) is 9.69 Å². The van der Waals surface area contributed by atoms with Crippen molar-refractivity contribution in [3.8, 4) is 11.8 Å². The molecule has 6 heteroatoms.